The number of hydrogen-bond acceptors (Lipinski definition) is 7. The van der Waals surface area contributed by atoms with E-state index >= 15 is 4.39 Å². The molecule has 1 amide bonds. The highest BCUT2D eigenvalue weighted by atomic mass is 19.1. The molecular formula is C27H33FN4O5. The first-order valence-electron chi connectivity index (χ1n) is 12.4. The van der Waals surface area contributed by atoms with E-state index in [0.717, 1.165) is 24.5 Å². The quantitative estimate of drug-likeness (QED) is 0.328. The predicted molar refractivity (Wildman–Crippen MR) is 139 cm³/mol. The number of nitrogens with one attached hydrogen (secondary N) is 2. The fraction of sp³-hybridized carbons (Fsp3) is 0.444. The highest BCUT2D eigenvalue weighted by molar-refractivity contribution is 6.04. The van der Waals surface area contributed by atoms with Crippen molar-refractivity contribution in [2.45, 2.75) is 64.3 Å². The molecule has 4 rings (SSSR count). The van der Waals surface area contributed by atoms with Crippen LogP contribution in [0.5, 0.6) is 0 Å². The number of rotatable bonds is 9. The number of benzene rings is 2. The number of oxime groups is 1. The van der Waals surface area contributed by atoms with Crippen molar-refractivity contribution in [2.75, 3.05) is 23.3 Å². The summed E-state index contributed by atoms with van der Waals surface area (Å²) in [7, 11) is 0. The molecule has 1 aliphatic heterocycles. The maximum absolute atomic E-state index is 15.5. The number of amides is 1. The lowest BCUT2D eigenvalue weighted by Gasteiger charge is -2.25. The second-order valence-corrected chi connectivity index (χ2v) is 10.3. The molecule has 10 heteroatoms. The van der Waals surface area contributed by atoms with Crippen LogP contribution in [0.15, 0.2) is 41.6 Å². The zero-order valence-corrected chi connectivity index (χ0v) is 21.3. The number of anilines is 2. The SMILES string of the molecule is CC(C)(C)OC(=O)NC1CCN(c2c(F)cc(C(=O)O)c(NC3CC3)c2/C=N/OCc2ccccc2)C1. The Morgan fingerprint density at radius 1 is 1.19 bits per heavy atom. The van der Waals surface area contributed by atoms with Gasteiger partial charge in [0.1, 0.15) is 18.0 Å². The summed E-state index contributed by atoms with van der Waals surface area (Å²) in [6.07, 6.45) is 3.21. The molecule has 2 aromatic carbocycles. The largest absolute Gasteiger partial charge is 0.478 e. The van der Waals surface area contributed by atoms with E-state index in [9.17, 15) is 14.7 Å². The lowest BCUT2D eigenvalue weighted by atomic mass is 10.0. The lowest BCUT2D eigenvalue weighted by molar-refractivity contribution is 0.0508. The number of carbonyl (C=O) groups excluding carboxylic acids is 1. The van der Waals surface area contributed by atoms with Gasteiger partial charge in [-0.1, -0.05) is 35.5 Å². The van der Waals surface area contributed by atoms with E-state index in [1.54, 1.807) is 25.7 Å². The Bertz CT molecular complexity index is 1160. The van der Waals surface area contributed by atoms with Crippen LogP contribution in [0, 0.1) is 5.82 Å². The third-order valence-corrected chi connectivity index (χ3v) is 6.00. The summed E-state index contributed by atoms with van der Waals surface area (Å²) < 4.78 is 20.8. The Morgan fingerprint density at radius 3 is 2.57 bits per heavy atom. The number of carboxylic acid groups (broad SMARTS) is 1. The van der Waals surface area contributed by atoms with Crippen LogP contribution in [0.3, 0.4) is 0 Å². The maximum atomic E-state index is 15.5. The van der Waals surface area contributed by atoms with E-state index in [1.165, 1.54) is 6.21 Å². The first kappa shape index (κ1) is 26.2. The molecule has 0 spiro atoms. The monoisotopic (exact) mass is 512 g/mol. The third kappa shape index (κ3) is 7.12. The second-order valence-electron chi connectivity index (χ2n) is 10.3. The van der Waals surface area contributed by atoms with Gasteiger partial charge in [0.2, 0.25) is 0 Å². The summed E-state index contributed by atoms with van der Waals surface area (Å²) in [5.74, 6) is -1.92. The van der Waals surface area contributed by atoms with E-state index < -0.39 is 23.5 Å². The minimum absolute atomic E-state index is 0.119. The number of hydrogen-bond donors (Lipinski definition) is 3. The summed E-state index contributed by atoms with van der Waals surface area (Å²) in [5, 5.41) is 19.9. The van der Waals surface area contributed by atoms with Gasteiger partial charge in [0.25, 0.3) is 0 Å². The second kappa shape index (κ2) is 11.1. The van der Waals surface area contributed by atoms with Gasteiger partial charge in [-0.25, -0.2) is 14.0 Å². The molecular weight excluding hydrogens is 479 g/mol. The number of halogens is 1. The number of aromatic carboxylic acids is 1. The third-order valence-electron chi connectivity index (χ3n) is 6.00. The summed E-state index contributed by atoms with van der Waals surface area (Å²) in [5.41, 5.74) is 0.942. The van der Waals surface area contributed by atoms with Gasteiger partial charge < -0.3 is 30.2 Å². The molecule has 1 atom stereocenters. The molecule has 0 aromatic heterocycles. The van der Waals surface area contributed by atoms with Crippen LogP contribution in [0.2, 0.25) is 0 Å². The van der Waals surface area contributed by atoms with Crippen LogP contribution in [0.4, 0.5) is 20.6 Å². The molecule has 37 heavy (non-hydrogen) atoms. The molecule has 1 unspecified atom stereocenters. The molecule has 9 nitrogen and oxygen atoms in total. The Kier molecular flexibility index (Phi) is 7.85. The number of ether oxygens (including phenoxy) is 1. The molecule has 2 fully saturated rings. The van der Waals surface area contributed by atoms with E-state index in [4.69, 9.17) is 9.57 Å². The molecule has 0 radical (unpaired) electrons. The first-order chi connectivity index (χ1) is 17.6. The van der Waals surface area contributed by atoms with Gasteiger partial charge in [-0.3, -0.25) is 0 Å². The van der Waals surface area contributed by atoms with Crippen LogP contribution in [-0.2, 0) is 16.2 Å². The van der Waals surface area contributed by atoms with Crippen molar-refractivity contribution in [2.24, 2.45) is 5.16 Å². The molecule has 2 aliphatic rings. The van der Waals surface area contributed by atoms with Crippen molar-refractivity contribution >= 4 is 29.7 Å². The average molecular weight is 513 g/mol. The van der Waals surface area contributed by atoms with Crippen molar-refractivity contribution in [3.8, 4) is 0 Å². The van der Waals surface area contributed by atoms with Gasteiger partial charge in [-0.05, 0) is 51.7 Å². The van der Waals surface area contributed by atoms with Crippen LogP contribution in [0.1, 0.15) is 61.5 Å². The molecule has 3 N–H and O–H groups in total. The van der Waals surface area contributed by atoms with Crippen LogP contribution < -0.4 is 15.5 Å². The fourth-order valence-corrected chi connectivity index (χ4v) is 4.19. The first-order valence-corrected chi connectivity index (χ1v) is 12.4. The highest BCUT2D eigenvalue weighted by Gasteiger charge is 2.33. The smallest absolute Gasteiger partial charge is 0.407 e. The van der Waals surface area contributed by atoms with E-state index in [-0.39, 0.29) is 29.9 Å². The molecule has 1 saturated heterocycles. The van der Waals surface area contributed by atoms with Gasteiger partial charge in [0.05, 0.1) is 29.2 Å². The zero-order valence-electron chi connectivity index (χ0n) is 21.3. The molecule has 0 bridgehead atoms. The van der Waals surface area contributed by atoms with E-state index in [1.807, 2.05) is 30.3 Å². The number of carbonyl (C=O) groups is 2. The standard InChI is InChI=1S/C27H33FN4O5/c1-27(2,3)37-26(35)31-19-11-12-32(15-19)24-21(14-29-36-16-17-7-5-4-6-8-17)23(30-18-9-10-18)20(25(33)34)13-22(24)28/h4-8,13-14,18-19,30H,9-12,15-16H2,1-3H3,(H,31,35)(H,33,34)/b29-14+. The Balaban J connectivity index is 1.60. The van der Waals surface area contributed by atoms with Crippen molar-refractivity contribution in [3.05, 3.63) is 58.9 Å². The Labute approximate surface area is 215 Å². The van der Waals surface area contributed by atoms with Crippen molar-refractivity contribution < 1.29 is 28.7 Å². The van der Waals surface area contributed by atoms with Crippen LogP contribution in [-0.4, -0.2) is 54.2 Å². The van der Waals surface area contributed by atoms with Gasteiger partial charge in [0, 0.05) is 24.7 Å². The molecule has 2 aromatic rings. The lowest BCUT2D eigenvalue weighted by Crippen LogP contribution is -2.40. The van der Waals surface area contributed by atoms with Gasteiger partial charge >= 0.3 is 12.1 Å². The van der Waals surface area contributed by atoms with Gasteiger partial charge in [0.15, 0.2) is 0 Å². The molecule has 198 valence electrons. The van der Waals surface area contributed by atoms with Gasteiger partial charge in [-0.2, -0.15) is 0 Å². The fourth-order valence-electron chi connectivity index (χ4n) is 4.19. The normalized spacial score (nSPS) is 17.6. The highest BCUT2D eigenvalue weighted by Crippen LogP contribution is 2.37. The van der Waals surface area contributed by atoms with Crippen LogP contribution in [0.25, 0.3) is 0 Å². The summed E-state index contributed by atoms with van der Waals surface area (Å²) in [6, 6.07) is 10.4. The molecule has 1 heterocycles. The molecule has 1 saturated carbocycles. The van der Waals surface area contributed by atoms with Crippen LogP contribution >= 0.6 is 0 Å². The predicted octanol–water partition coefficient (Wildman–Crippen LogP) is 4.75. The molecule has 1 aliphatic carbocycles. The summed E-state index contributed by atoms with van der Waals surface area (Å²) in [6.45, 7) is 6.35. The summed E-state index contributed by atoms with van der Waals surface area (Å²) in [4.78, 5) is 31.5. The number of nitrogens with zero attached hydrogens (tertiary/aromatic N) is 2. The maximum Gasteiger partial charge on any atom is 0.407 e. The van der Waals surface area contributed by atoms with Crippen molar-refractivity contribution in [3.63, 3.8) is 0 Å². The topological polar surface area (TPSA) is 112 Å². The number of carboxylic acids is 1. The van der Waals surface area contributed by atoms with Gasteiger partial charge in [-0.15, -0.1) is 0 Å². The van der Waals surface area contributed by atoms with E-state index in [2.05, 4.69) is 15.8 Å². The average Bonchev–Trinajstić information content (AvgIpc) is 3.53. The minimum Gasteiger partial charge on any atom is -0.478 e. The van der Waals surface area contributed by atoms with E-state index in [0.29, 0.717) is 30.8 Å². The number of alkyl carbamates (subject to hydrolysis) is 1. The minimum atomic E-state index is -1.24. The Morgan fingerprint density at radius 2 is 1.92 bits per heavy atom. The van der Waals surface area contributed by atoms with Crippen molar-refractivity contribution in [1.29, 1.82) is 0 Å². The summed E-state index contributed by atoms with van der Waals surface area (Å²) >= 11 is 0. The van der Waals surface area contributed by atoms with Crippen molar-refractivity contribution in [1.82, 2.24) is 5.32 Å². The zero-order chi connectivity index (χ0) is 26.6. The Hall–Kier alpha value is -3.82.